The molecule has 1 aliphatic heterocycles. The average Bonchev–Trinajstić information content (AvgIpc) is 3.32. The van der Waals surface area contributed by atoms with Gasteiger partial charge in [0.05, 0.1) is 17.7 Å². The molecule has 3 aromatic rings. The number of piperidine rings is 1. The van der Waals surface area contributed by atoms with E-state index in [1.165, 1.54) is 5.03 Å². The number of hydrogen-bond acceptors (Lipinski definition) is 5. The van der Waals surface area contributed by atoms with Gasteiger partial charge in [-0.05, 0) is 99.0 Å². The van der Waals surface area contributed by atoms with Crippen molar-refractivity contribution >= 4 is 28.6 Å². The predicted octanol–water partition coefficient (Wildman–Crippen LogP) is 6.36. The van der Waals surface area contributed by atoms with E-state index < -0.39 is 12.1 Å². The van der Waals surface area contributed by atoms with Gasteiger partial charge in [0, 0.05) is 43.5 Å². The number of nitrogens with zero attached hydrogens (tertiary/aromatic N) is 3. The lowest BCUT2D eigenvalue weighted by atomic mass is 9.79. The molecule has 1 unspecified atom stereocenters. The van der Waals surface area contributed by atoms with Gasteiger partial charge in [-0.25, -0.2) is 4.39 Å². The molecule has 1 aliphatic rings. The molecule has 0 spiro atoms. The van der Waals surface area contributed by atoms with Gasteiger partial charge in [0.25, 0.3) is 0 Å². The van der Waals surface area contributed by atoms with Crippen molar-refractivity contribution in [2.45, 2.75) is 49.7 Å². The molecule has 3 atom stereocenters. The van der Waals surface area contributed by atoms with E-state index in [1.807, 2.05) is 30.0 Å². The zero-order valence-corrected chi connectivity index (χ0v) is 22.6. The number of thioether (sulfide) groups is 1. The molecule has 0 saturated carbocycles. The van der Waals surface area contributed by atoms with Crippen LogP contribution < -0.4 is 4.74 Å². The molecule has 0 aliphatic carbocycles. The Morgan fingerprint density at radius 3 is 2.89 bits per heavy atom. The lowest BCUT2D eigenvalue weighted by Gasteiger charge is -2.39. The minimum absolute atomic E-state index is 0.173. The molecule has 0 bridgehead atoms. The Balaban J connectivity index is 1.32. The summed E-state index contributed by atoms with van der Waals surface area (Å²) in [5, 5.41) is 11.4. The Kier molecular flexibility index (Phi) is 9.86. The summed E-state index contributed by atoms with van der Waals surface area (Å²) < 4.78 is 23.0. The maximum Gasteiger partial charge on any atom is 0.303 e. The van der Waals surface area contributed by atoms with Gasteiger partial charge in [0.2, 0.25) is 0 Å². The molecule has 4 rings (SSSR count). The normalized spacial score (nSPS) is 19.2. The standard InChI is InChI=1S/C29H38FN3O3S/c1-32-15-3-5-28(32)37-18-4-16-33-17-13-21(22(20-33)7-11-29(34)35)6-9-26(30)24-12-14-31-27-10-8-23(36-2)19-25(24)27/h3,5,8,10,12,14-15,19,21-22,26H,4,6-7,9,11,13,16-18,20H2,1-2H3,(H,34,35)/t21-,22+,26?/m1/s1. The number of aromatic nitrogens is 2. The van der Waals surface area contributed by atoms with E-state index in [0.29, 0.717) is 30.1 Å². The highest BCUT2D eigenvalue weighted by atomic mass is 32.2. The third kappa shape index (κ3) is 7.48. The first-order chi connectivity index (χ1) is 17.9. The zero-order valence-electron chi connectivity index (χ0n) is 21.8. The maximum atomic E-state index is 15.5. The van der Waals surface area contributed by atoms with Crippen LogP contribution in [0.3, 0.4) is 0 Å². The second-order valence-corrected chi connectivity index (χ2v) is 11.1. The van der Waals surface area contributed by atoms with Gasteiger partial charge in [-0.2, -0.15) is 0 Å². The Labute approximate surface area is 223 Å². The second-order valence-electron chi connectivity index (χ2n) is 10.0. The van der Waals surface area contributed by atoms with Crippen molar-refractivity contribution in [1.29, 1.82) is 0 Å². The number of fused-ring (bicyclic) bond motifs is 1. The summed E-state index contributed by atoms with van der Waals surface area (Å²) in [7, 11) is 3.67. The number of rotatable bonds is 13. The van der Waals surface area contributed by atoms with E-state index in [9.17, 15) is 9.90 Å². The number of likely N-dealkylation sites (tertiary alicyclic amines) is 1. The van der Waals surface area contributed by atoms with Gasteiger partial charge in [0.15, 0.2) is 0 Å². The third-order valence-corrected chi connectivity index (χ3v) is 8.79. The van der Waals surface area contributed by atoms with Crippen LogP contribution in [-0.2, 0) is 11.8 Å². The predicted molar refractivity (Wildman–Crippen MR) is 147 cm³/mol. The molecule has 200 valence electrons. The number of halogens is 1. The minimum Gasteiger partial charge on any atom is -0.497 e. The number of pyridine rings is 1. The molecule has 3 heterocycles. The summed E-state index contributed by atoms with van der Waals surface area (Å²) in [4.78, 5) is 18.2. The van der Waals surface area contributed by atoms with E-state index in [2.05, 4.69) is 39.8 Å². The molecule has 0 amide bonds. The van der Waals surface area contributed by atoms with Crippen LogP contribution in [0.5, 0.6) is 5.75 Å². The lowest BCUT2D eigenvalue weighted by molar-refractivity contribution is -0.137. The maximum absolute atomic E-state index is 15.5. The molecule has 1 aromatic carbocycles. The topological polar surface area (TPSA) is 67.6 Å². The monoisotopic (exact) mass is 527 g/mol. The molecule has 1 saturated heterocycles. The van der Waals surface area contributed by atoms with Crippen LogP contribution in [0.15, 0.2) is 53.8 Å². The quantitative estimate of drug-likeness (QED) is 0.206. The first kappa shape index (κ1) is 27.5. The van der Waals surface area contributed by atoms with Crippen LogP contribution >= 0.6 is 11.8 Å². The van der Waals surface area contributed by atoms with Crippen molar-refractivity contribution in [3.63, 3.8) is 0 Å². The number of hydrogen-bond donors (Lipinski definition) is 1. The SMILES string of the molecule is COc1ccc2nccc(C(F)CC[C@@H]3CCN(CCCSc4cccn4C)C[C@@H]3CCC(=O)O)c2c1. The first-order valence-electron chi connectivity index (χ1n) is 13.2. The van der Waals surface area contributed by atoms with Gasteiger partial charge in [-0.15, -0.1) is 11.8 Å². The molecule has 2 aromatic heterocycles. The van der Waals surface area contributed by atoms with E-state index in [4.69, 9.17) is 4.74 Å². The molecular weight excluding hydrogens is 489 g/mol. The number of benzene rings is 1. The van der Waals surface area contributed by atoms with Crippen LogP contribution in [0.1, 0.15) is 50.3 Å². The van der Waals surface area contributed by atoms with Gasteiger partial charge in [0.1, 0.15) is 11.9 Å². The second kappa shape index (κ2) is 13.3. The van der Waals surface area contributed by atoms with Crippen molar-refractivity contribution in [2.24, 2.45) is 18.9 Å². The highest BCUT2D eigenvalue weighted by Crippen LogP contribution is 2.36. The van der Waals surface area contributed by atoms with E-state index >= 15 is 4.39 Å². The van der Waals surface area contributed by atoms with Crippen LogP contribution in [0, 0.1) is 11.8 Å². The first-order valence-corrected chi connectivity index (χ1v) is 14.2. The number of aliphatic carboxylic acids is 1. The third-order valence-electron chi connectivity index (χ3n) is 7.58. The van der Waals surface area contributed by atoms with Crippen LogP contribution in [0.25, 0.3) is 10.9 Å². The average molecular weight is 528 g/mol. The molecule has 0 radical (unpaired) electrons. The number of carboxylic acids is 1. The zero-order chi connectivity index (χ0) is 26.2. The van der Waals surface area contributed by atoms with Gasteiger partial charge in [-0.3, -0.25) is 9.78 Å². The number of carbonyl (C=O) groups is 1. The summed E-state index contributed by atoms with van der Waals surface area (Å²) in [6.45, 7) is 2.92. The minimum atomic E-state index is -1.09. The summed E-state index contributed by atoms with van der Waals surface area (Å²) in [5.41, 5.74) is 1.41. The smallest absolute Gasteiger partial charge is 0.303 e. The van der Waals surface area contributed by atoms with E-state index in [-0.39, 0.29) is 12.3 Å². The number of ether oxygens (including phenoxy) is 1. The number of alkyl halides is 1. The number of aryl methyl sites for hydroxylation is 1. The molecule has 8 heteroatoms. The van der Waals surface area contributed by atoms with Crippen LogP contribution in [0.2, 0.25) is 0 Å². The highest BCUT2D eigenvalue weighted by molar-refractivity contribution is 7.99. The van der Waals surface area contributed by atoms with E-state index in [1.54, 1.807) is 19.4 Å². The Morgan fingerprint density at radius 2 is 2.14 bits per heavy atom. The summed E-state index contributed by atoms with van der Waals surface area (Å²) in [6, 6.07) is 11.5. The molecule has 6 nitrogen and oxygen atoms in total. The van der Waals surface area contributed by atoms with Crippen molar-refractivity contribution in [1.82, 2.24) is 14.5 Å². The summed E-state index contributed by atoms with van der Waals surface area (Å²) >= 11 is 1.87. The fourth-order valence-corrected chi connectivity index (χ4v) is 6.42. The highest BCUT2D eigenvalue weighted by Gasteiger charge is 2.30. The fourth-order valence-electron chi connectivity index (χ4n) is 5.50. The number of carboxylic acid groups (broad SMARTS) is 1. The van der Waals surface area contributed by atoms with Crippen molar-refractivity contribution in [2.75, 3.05) is 32.5 Å². The summed E-state index contributed by atoms with van der Waals surface area (Å²) in [5.74, 6) is 1.62. The molecule has 1 N–H and O–H groups in total. The van der Waals surface area contributed by atoms with Crippen LogP contribution in [0.4, 0.5) is 4.39 Å². The van der Waals surface area contributed by atoms with Crippen molar-refractivity contribution < 1.29 is 19.0 Å². The van der Waals surface area contributed by atoms with Gasteiger partial charge < -0.3 is 19.3 Å². The summed E-state index contributed by atoms with van der Waals surface area (Å²) in [6.07, 6.45) is 6.74. The molecular formula is C29H38FN3O3S. The van der Waals surface area contributed by atoms with Gasteiger partial charge in [-0.1, -0.05) is 0 Å². The number of methoxy groups -OCH3 is 1. The Bertz CT molecular complexity index is 1170. The Morgan fingerprint density at radius 1 is 1.27 bits per heavy atom. The molecule has 37 heavy (non-hydrogen) atoms. The van der Waals surface area contributed by atoms with Crippen LogP contribution in [-0.4, -0.2) is 58.0 Å². The van der Waals surface area contributed by atoms with Crippen molar-refractivity contribution in [3.05, 3.63) is 54.4 Å². The largest absolute Gasteiger partial charge is 0.497 e. The van der Waals surface area contributed by atoms with Crippen molar-refractivity contribution in [3.8, 4) is 5.75 Å². The lowest BCUT2D eigenvalue weighted by Crippen LogP contribution is -2.41. The van der Waals surface area contributed by atoms with Gasteiger partial charge >= 0.3 is 5.97 Å². The Hall–Kier alpha value is -2.58. The molecule has 1 fully saturated rings. The fraction of sp³-hybridized carbons (Fsp3) is 0.517. The van der Waals surface area contributed by atoms with E-state index in [0.717, 1.165) is 55.6 Å².